The van der Waals surface area contributed by atoms with E-state index in [2.05, 4.69) is 37.3 Å². The summed E-state index contributed by atoms with van der Waals surface area (Å²) in [6.07, 6.45) is 4.78. The van der Waals surface area contributed by atoms with Gasteiger partial charge in [-0.25, -0.2) is 0 Å². The van der Waals surface area contributed by atoms with Crippen LogP contribution in [-0.2, 0) is 6.42 Å². The van der Waals surface area contributed by atoms with Gasteiger partial charge in [0.25, 0.3) is 0 Å². The van der Waals surface area contributed by atoms with Gasteiger partial charge in [-0.15, -0.1) is 0 Å². The van der Waals surface area contributed by atoms with Gasteiger partial charge in [0.05, 0.1) is 0 Å². The Morgan fingerprint density at radius 2 is 1.53 bits per heavy atom. The Morgan fingerprint density at radius 3 is 2.00 bits per heavy atom. The lowest BCUT2D eigenvalue weighted by Gasteiger charge is -1.98. The molecule has 0 atom stereocenters. The molecule has 4 heteroatoms. The van der Waals surface area contributed by atoms with Crippen molar-refractivity contribution in [3.63, 3.8) is 0 Å². The Hall–Kier alpha value is -0.458. The fourth-order valence-corrected chi connectivity index (χ4v) is 1.15. The molecule has 0 aromatic heterocycles. The van der Waals surface area contributed by atoms with Gasteiger partial charge in [-0.05, 0) is 18.4 Å². The van der Waals surface area contributed by atoms with Crippen LogP contribution in [0, 0.1) is 6.92 Å². The SMILES string of the molecule is [CH2]CCCCc1ccccc1.[F][Al]([F])[F]. The third-order valence-corrected chi connectivity index (χ3v) is 1.81. The van der Waals surface area contributed by atoms with Crippen molar-refractivity contribution in [2.24, 2.45) is 0 Å². The fourth-order valence-electron chi connectivity index (χ4n) is 1.15. The van der Waals surface area contributed by atoms with Crippen molar-refractivity contribution in [3.05, 3.63) is 42.8 Å². The third kappa shape index (κ3) is 11.5. The summed E-state index contributed by atoms with van der Waals surface area (Å²) in [6.45, 7) is 3.82. The zero-order valence-electron chi connectivity index (χ0n) is 8.63. The number of halogens is 3. The van der Waals surface area contributed by atoms with E-state index in [9.17, 15) is 10.6 Å². The summed E-state index contributed by atoms with van der Waals surface area (Å²) in [5.74, 6) is 0. The van der Waals surface area contributed by atoms with Gasteiger partial charge in [-0.3, -0.25) is 0 Å². The predicted molar refractivity (Wildman–Crippen MR) is 58.4 cm³/mol. The van der Waals surface area contributed by atoms with Crippen molar-refractivity contribution in [2.45, 2.75) is 25.7 Å². The Balaban J connectivity index is 0.000000423. The number of hydrogen-bond donors (Lipinski definition) is 0. The molecule has 1 aromatic carbocycles. The molecule has 0 nitrogen and oxygen atoms in total. The lowest BCUT2D eigenvalue weighted by Crippen LogP contribution is -1.83. The normalized spacial score (nSPS) is 9.07. The van der Waals surface area contributed by atoms with E-state index in [1.165, 1.54) is 24.8 Å². The molecule has 0 unspecified atom stereocenters. The van der Waals surface area contributed by atoms with E-state index >= 15 is 0 Å². The van der Waals surface area contributed by atoms with Crippen LogP contribution in [-0.4, -0.2) is 15.5 Å². The summed E-state index contributed by atoms with van der Waals surface area (Å²) in [6, 6.07) is 10.6. The van der Waals surface area contributed by atoms with Crippen LogP contribution < -0.4 is 0 Å². The highest BCUT2D eigenvalue weighted by atomic mass is 27.3. The van der Waals surface area contributed by atoms with Gasteiger partial charge in [-0.2, -0.15) is 0 Å². The molecular formula is C11H15AlF3. The molecule has 0 amide bonds. The van der Waals surface area contributed by atoms with Gasteiger partial charge in [-0.1, -0.05) is 50.1 Å². The molecule has 0 bridgehead atoms. The minimum absolute atomic E-state index is 1.06. The molecule has 1 rings (SSSR count). The average molecular weight is 231 g/mol. The molecule has 0 aliphatic heterocycles. The molecule has 0 aliphatic rings. The van der Waals surface area contributed by atoms with E-state index in [0.29, 0.717) is 0 Å². The quantitative estimate of drug-likeness (QED) is 0.540. The van der Waals surface area contributed by atoms with Crippen molar-refractivity contribution in [2.75, 3.05) is 0 Å². The summed E-state index contributed by atoms with van der Waals surface area (Å²) >= 11 is -4.64. The molecule has 83 valence electrons. The van der Waals surface area contributed by atoms with Crippen LogP contribution in [0.4, 0.5) is 10.6 Å². The monoisotopic (exact) mass is 231 g/mol. The molecule has 0 fully saturated rings. The molecule has 1 aromatic rings. The minimum Gasteiger partial charge on any atom is -0.346 e. The van der Waals surface area contributed by atoms with Crippen LogP contribution in [0.25, 0.3) is 0 Å². The van der Waals surface area contributed by atoms with Crippen molar-refractivity contribution >= 4 is 15.5 Å². The summed E-state index contributed by atoms with van der Waals surface area (Å²) in [4.78, 5) is 0. The average Bonchev–Trinajstić information content (AvgIpc) is 2.19. The standard InChI is InChI=1S/C11H15.Al.3FH/c1-2-3-5-8-11-9-6-4-7-10-11;;;;/h4,6-7,9-10H,1-3,5,8H2;;3*1H/q;+3;;;/p-3. The van der Waals surface area contributed by atoms with Gasteiger partial charge in [0, 0.05) is 0 Å². The maximum absolute atomic E-state index is 9.81. The second-order valence-electron chi connectivity index (χ2n) is 3.04. The first-order chi connectivity index (χ1) is 7.16. The maximum Gasteiger partial charge on any atom is 1.04 e. The lowest BCUT2D eigenvalue weighted by atomic mass is 10.1. The van der Waals surface area contributed by atoms with Crippen LogP contribution in [0.5, 0.6) is 0 Å². The van der Waals surface area contributed by atoms with Crippen molar-refractivity contribution in [3.8, 4) is 0 Å². The molecular weight excluding hydrogens is 216 g/mol. The largest absolute Gasteiger partial charge is 1.04 e. The summed E-state index contributed by atoms with van der Waals surface area (Å²) in [7, 11) is 0. The highest BCUT2D eigenvalue weighted by molar-refractivity contribution is 6.33. The summed E-state index contributed by atoms with van der Waals surface area (Å²) in [5.41, 5.74) is 1.45. The molecule has 0 saturated heterocycles. The van der Waals surface area contributed by atoms with Gasteiger partial charge >= 0.3 is 15.5 Å². The van der Waals surface area contributed by atoms with Crippen molar-refractivity contribution in [1.29, 1.82) is 0 Å². The minimum atomic E-state index is -4.64. The van der Waals surface area contributed by atoms with Crippen LogP contribution in [0.1, 0.15) is 24.8 Å². The Labute approximate surface area is 94.9 Å². The molecule has 1 radical (unpaired) electrons. The first kappa shape index (κ1) is 14.5. The number of unbranched alkanes of at least 4 members (excludes halogenated alkanes) is 2. The Morgan fingerprint density at radius 1 is 1.00 bits per heavy atom. The smallest absolute Gasteiger partial charge is 0.346 e. The maximum atomic E-state index is 9.81. The lowest BCUT2D eigenvalue weighted by molar-refractivity contribution is 0.535. The number of hydrogen-bond acceptors (Lipinski definition) is 0. The molecule has 0 heterocycles. The van der Waals surface area contributed by atoms with Crippen LogP contribution in [0.3, 0.4) is 0 Å². The van der Waals surface area contributed by atoms with E-state index in [-0.39, 0.29) is 0 Å². The number of benzene rings is 1. The van der Waals surface area contributed by atoms with Gasteiger partial charge in [0.1, 0.15) is 0 Å². The van der Waals surface area contributed by atoms with Crippen molar-refractivity contribution in [1.82, 2.24) is 0 Å². The van der Waals surface area contributed by atoms with E-state index in [1.807, 2.05) is 0 Å². The fraction of sp³-hybridized carbons (Fsp3) is 0.364. The molecule has 0 spiro atoms. The highest BCUT2D eigenvalue weighted by Crippen LogP contribution is 2.05. The van der Waals surface area contributed by atoms with Crippen LogP contribution >= 0.6 is 0 Å². The van der Waals surface area contributed by atoms with Gasteiger partial charge < -0.3 is 10.6 Å². The highest BCUT2D eigenvalue weighted by Gasteiger charge is 2.21. The van der Waals surface area contributed by atoms with E-state index in [4.69, 9.17) is 0 Å². The number of aryl methyl sites for hydroxylation is 1. The van der Waals surface area contributed by atoms with Gasteiger partial charge in [0.2, 0.25) is 0 Å². The van der Waals surface area contributed by atoms with Gasteiger partial charge in [0.15, 0.2) is 0 Å². The zero-order valence-corrected chi connectivity index (χ0v) is 9.79. The Kier molecular flexibility index (Phi) is 9.77. The third-order valence-electron chi connectivity index (χ3n) is 1.81. The molecule has 0 saturated carbocycles. The molecule has 0 aliphatic carbocycles. The second kappa shape index (κ2) is 10.1. The molecule has 0 N–H and O–H groups in total. The topological polar surface area (TPSA) is 0 Å². The van der Waals surface area contributed by atoms with E-state index in [0.717, 1.165) is 6.42 Å². The van der Waals surface area contributed by atoms with Crippen LogP contribution in [0.2, 0.25) is 0 Å². The predicted octanol–water partition coefficient (Wildman–Crippen LogP) is 4.11. The zero-order chi connectivity index (χ0) is 11.5. The summed E-state index contributed by atoms with van der Waals surface area (Å²) < 4.78 is 29.4. The molecule has 15 heavy (non-hydrogen) atoms. The van der Waals surface area contributed by atoms with Crippen LogP contribution in [0.15, 0.2) is 30.3 Å². The second-order valence-corrected chi connectivity index (χ2v) is 3.54. The summed E-state index contributed by atoms with van der Waals surface area (Å²) in [5, 5.41) is 0. The van der Waals surface area contributed by atoms with E-state index in [1.54, 1.807) is 0 Å². The Bertz CT molecular complexity index is 224. The van der Waals surface area contributed by atoms with Crippen molar-refractivity contribution < 1.29 is 10.6 Å². The number of rotatable bonds is 4. The van der Waals surface area contributed by atoms with E-state index < -0.39 is 15.5 Å². The first-order valence-electron chi connectivity index (χ1n) is 4.92. The first-order valence-corrected chi connectivity index (χ1v) is 6.23.